The Hall–Kier alpha value is -1.26. The third-order valence-corrected chi connectivity index (χ3v) is 4.96. The third kappa shape index (κ3) is 2.74. The maximum absolute atomic E-state index is 10.5. The molecule has 1 fully saturated rings. The molecule has 2 aliphatic heterocycles. The van der Waals surface area contributed by atoms with Crippen molar-refractivity contribution in [3.05, 3.63) is 23.3 Å². The summed E-state index contributed by atoms with van der Waals surface area (Å²) < 4.78 is 0. The normalized spacial score (nSPS) is 29.2. The highest BCUT2D eigenvalue weighted by atomic mass is 16.3. The van der Waals surface area contributed by atoms with E-state index in [0.717, 1.165) is 37.1 Å². The zero-order valence-corrected chi connectivity index (χ0v) is 12.8. The molecule has 0 radical (unpaired) electrons. The van der Waals surface area contributed by atoms with Gasteiger partial charge in [0.2, 0.25) is 0 Å². The summed E-state index contributed by atoms with van der Waals surface area (Å²) in [6.45, 7) is 6.28. The minimum absolute atomic E-state index is 0.0451. The molecule has 3 unspecified atom stereocenters. The van der Waals surface area contributed by atoms with Gasteiger partial charge in [0, 0.05) is 19.1 Å². The summed E-state index contributed by atoms with van der Waals surface area (Å²) in [7, 11) is 0. The van der Waals surface area contributed by atoms with Gasteiger partial charge in [-0.05, 0) is 54.4 Å². The van der Waals surface area contributed by atoms with E-state index in [4.69, 9.17) is 0 Å². The number of hydrogen-bond donors (Lipinski definition) is 3. The topological polar surface area (TPSA) is 63.9 Å². The number of piperidine rings is 1. The molecule has 2 aliphatic rings. The summed E-state index contributed by atoms with van der Waals surface area (Å²) >= 11 is 0. The summed E-state index contributed by atoms with van der Waals surface area (Å²) in [5.41, 5.74) is 2.17. The minimum Gasteiger partial charge on any atom is -0.504 e. The first-order valence-corrected chi connectivity index (χ1v) is 7.92. The molecule has 3 rings (SSSR count). The highest BCUT2D eigenvalue weighted by Gasteiger charge is 2.38. The van der Waals surface area contributed by atoms with Crippen LogP contribution in [-0.4, -0.2) is 39.4 Å². The van der Waals surface area contributed by atoms with Crippen LogP contribution in [0.4, 0.5) is 0 Å². The Bertz CT molecular complexity index is 529. The van der Waals surface area contributed by atoms with Crippen LogP contribution in [-0.2, 0) is 6.42 Å². The van der Waals surface area contributed by atoms with Gasteiger partial charge in [0.15, 0.2) is 11.5 Å². The molecule has 0 aromatic heterocycles. The fraction of sp³-hybridized carbons (Fsp3) is 0.647. The van der Waals surface area contributed by atoms with E-state index in [9.17, 15) is 15.3 Å². The third-order valence-electron chi connectivity index (χ3n) is 4.96. The van der Waals surface area contributed by atoms with Crippen molar-refractivity contribution >= 4 is 0 Å². The van der Waals surface area contributed by atoms with Crippen molar-refractivity contribution in [3.8, 4) is 11.5 Å². The average molecular weight is 291 g/mol. The van der Waals surface area contributed by atoms with Crippen LogP contribution in [0.1, 0.15) is 43.9 Å². The summed E-state index contributed by atoms with van der Waals surface area (Å²) in [4.78, 5) is 2.43. The molecular formula is C17H25NO3. The van der Waals surface area contributed by atoms with Crippen LogP contribution in [0, 0.1) is 11.8 Å². The number of aliphatic hydroxyl groups excluding tert-OH is 1. The molecule has 0 aliphatic carbocycles. The zero-order chi connectivity index (χ0) is 15.1. The number of hydrogen-bond acceptors (Lipinski definition) is 4. The number of fused-ring (bicyclic) bond motifs is 3. The van der Waals surface area contributed by atoms with Gasteiger partial charge < -0.3 is 15.3 Å². The molecule has 4 nitrogen and oxygen atoms in total. The van der Waals surface area contributed by atoms with Crippen molar-refractivity contribution in [1.29, 1.82) is 0 Å². The van der Waals surface area contributed by atoms with Crippen LogP contribution < -0.4 is 0 Å². The smallest absolute Gasteiger partial charge is 0.157 e. The van der Waals surface area contributed by atoms with E-state index >= 15 is 0 Å². The molecule has 4 heteroatoms. The van der Waals surface area contributed by atoms with Gasteiger partial charge in [-0.1, -0.05) is 13.8 Å². The van der Waals surface area contributed by atoms with Gasteiger partial charge in [-0.2, -0.15) is 0 Å². The van der Waals surface area contributed by atoms with Crippen LogP contribution in [0.15, 0.2) is 12.1 Å². The van der Waals surface area contributed by atoms with Gasteiger partial charge in [-0.15, -0.1) is 0 Å². The lowest BCUT2D eigenvalue weighted by Crippen LogP contribution is -2.48. The van der Waals surface area contributed by atoms with Gasteiger partial charge in [-0.3, -0.25) is 4.90 Å². The number of benzene rings is 1. The Balaban J connectivity index is 1.85. The van der Waals surface area contributed by atoms with Crippen LogP contribution in [0.25, 0.3) is 0 Å². The van der Waals surface area contributed by atoms with Gasteiger partial charge in [-0.25, -0.2) is 0 Å². The monoisotopic (exact) mass is 291 g/mol. The van der Waals surface area contributed by atoms with Gasteiger partial charge in [0.05, 0.1) is 6.10 Å². The Labute approximate surface area is 126 Å². The lowest BCUT2D eigenvalue weighted by Gasteiger charge is -2.46. The molecule has 1 aromatic carbocycles. The van der Waals surface area contributed by atoms with Crippen molar-refractivity contribution in [3.63, 3.8) is 0 Å². The predicted octanol–water partition coefficient (Wildman–Crippen LogP) is 2.42. The van der Waals surface area contributed by atoms with Crippen LogP contribution in [0.5, 0.6) is 11.5 Å². The molecule has 3 N–H and O–H groups in total. The molecular weight excluding hydrogens is 266 g/mol. The SMILES string of the molecule is CC(C)CC1CN2CCc3cc(O)c(O)cc3C2CC1O. The predicted molar refractivity (Wildman–Crippen MR) is 81.4 cm³/mol. The van der Waals surface area contributed by atoms with E-state index in [1.807, 2.05) is 0 Å². The molecule has 0 saturated carbocycles. The molecule has 1 saturated heterocycles. The van der Waals surface area contributed by atoms with Gasteiger partial charge in [0.25, 0.3) is 0 Å². The van der Waals surface area contributed by atoms with E-state index in [-0.39, 0.29) is 23.6 Å². The molecule has 21 heavy (non-hydrogen) atoms. The fourth-order valence-corrected chi connectivity index (χ4v) is 3.96. The number of aliphatic hydroxyl groups is 1. The van der Waals surface area contributed by atoms with E-state index in [1.165, 1.54) is 0 Å². The second kappa shape index (κ2) is 5.50. The Kier molecular flexibility index (Phi) is 3.84. The first-order chi connectivity index (χ1) is 9.95. The standard InChI is InChI=1S/C17H25NO3/c1-10(2)5-12-9-18-4-3-11-6-16(20)17(21)7-13(11)14(18)8-15(12)19/h6-7,10,12,14-15,19-21H,3-5,8-9H2,1-2H3. The van der Waals surface area contributed by atoms with Crippen LogP contribution >= 0.6 is 0 Å². The van der Waals surface area contributed by atoms with E-state index < -0.39 is 0 Å². The largest absolute Gasteiger partial charge is 0.504 e. The quantitative estimate of drug-likeness (QED) is 0.732. The zero-order valence-electron chi connectivity index (χ0n) is 12.8. The van der Waals surface area contributed by atoms with Gasteiger partial charge >= 0.3 is 0 Å². The fourth-order valence-electron chi connectivity index (χ4n) is 3.96. The second-order valence-corrected chi connectivity index (χ2v) is 6.99. The first kappa shape index (κ1) is 14.7. The van der Waals surface area contributed by atoms with E-state index in [0.29, 0.717) is 18.3 Å². The average Bonchev–Trinajstić information content (AvgIpc) is 2.41. The first-order valence-electron chi connectivity index (χ1n) is 7.92. The molecule has 116 valence electrons. The molecule has 0 amide bonds. The lowest BCUT2D eigenvalue weighted by atomic mass is 9.79. The lowest BCUT2D eigenvalue weighted by molar-refractivity contribution is -0.0191. The molecule has 0 bridgehead atoms. The maximum atomic E-state index is 10.5. The van der Waals surface area contributed by atoms with Crippen molar-refractivity contribution < 1.29 is 15.3 Å². The van der Waals surface area contributed by atoms with Gasteiger partial charge in [0.1, 0.15) is 0 Å². The van der Waals surface area contributed by atoms with Crippen molar-refractivity contribution in [2.45, 2.75) is 45.3 Å². The van der Waals surface area contributed by atoms with E-state index in [1.54, 1.807) is 12.1 Å². The molecule has 3 atom stereocenters. The summed E-state index contributed by atoms with van der Waals surface area (Å²) in [5, 5.41) is 29.9. The molecule has 1 aromatic rings. The van der Waals surface area contributed by atoms with Crippen molar-refractivity contribution in [1.82, 2.24) is 4.90 Å². The Morgan fingerprint density at radius 2 is 1.95 bits per heavy atom. The highest BCUT2D eigenvalue weighted by molar-refractivity contribution is 5.48. The Morgan fingerprint density at radius 1 is 1.24 bits per heavy atom. The molecule has 2 heterocycles. The highest BCUT2D eigenvalue weighted by Crippen LogP contribution is 2.42. The number of rotatable bonds is 2. The second-order valence-electron chi connectivity index (χ2n) is 6.99. The Morgan fingerprint density at radius 3 is 2.67 bits per heavy atom. The van der Waals surface area contributed by atoms with Crippen LogP contribution in [0.3, 0.4) is 0 Å². The van der Waals surface area contributed by atoms with Crippen molar-refractivity contribution in [2.24, 2.45) is 11.8 Å². The van der Waals surface area contributed by atoms with E-state index in [2.05, 4.69) is 18.7 Å². The number of aromatic hydroxyl groups is 2. The maximum Gasteiger partial charge on any atom is 0.157 e. The number of phenols is 2. The summed E-state index contributed by atoms with van der Waals surface area (Å²) in [6.07, 6.45) is 2.38. The number of phenolic OH excluding ortho intramolecular Hbond substituents is 2. The summed E-state index contributed by atoms with van der Waals surface area (Å²) in [5.74, 6) is 0.832. The summed E-state index contributed by atoms with van der Waals surface area (Å²) in [6, 6.07) is 3.52. The van der Waals surface area contributed by atoms with Crippen molar-refractivity contribution in [2.75, 3.05) is 13.1 Å². The number of nitrogens with zero attached hydrogens (tertiary/aromatic N) is 1. The van der Waals surface area contributed by atoms with Crippen LogP contribution in [0.2, 0.25) is 0 Å². The minimum atomic E-state index is -0.282. The molecule has 0 spiro atoms.